The Morgan fingerprint density at radius 2 is 1.82 bits per heavy atom. The average Bonchev–Trinajstić information content (AvgIpc) is 3.04. The highest BCUT2D eigenvalue weighted by Gasteiger charge is 2.32. The lowest BCUT2D eigenvalue weighted by molar-refractivity contribution is -0.383. The van der Waals surface area contributed by atoms with Gasteiger partial charge >= 0.3 is 0 Å². The summed E-state index contributed by atoms with van der Waals surface area (Å²) in [5, 5.41) is 9.64. The van der Waals surface area contributed by atoms with E-state index in [1.54, 1.807) is 24.3 Å². The molecule has 0 saturated heterocycles. The first-order valence-corrected chi connectivity index (χ1v) is 10.2. The van der Waals surface area contributed by atoms with Crippen molar-refractivity contribution in [3.8, 4) is 0 Å². The van der Waals surface area contributed by atoms with Crippen molar-refractivity contribution in [3.05, 3.63) is 87.0 Å². The molecule has 2 aromatic carbocycles. The molecule has 28 heavy (non-hydrogen) atoms. The lowest BCUT2D eigenvalue weighted by Gasteiger charge is -2.16. The van der Waals surface area contributed by atoms with Crippen molar-refractivity contribution in [1.29, 1.82) is 0 Å². The second kappa shape index (κ2) is 7.44. The maximum atomic E-state index is 13.5. The minimum Gasteiger partial charge on any atom is -0.258 e. The summed E-state index contributed by atoms with van der Waals surface area (Å²) in [6, 6.07) is 9.99. The number of halogens is 3. The summed E-state index contributed by atoms with van der Waals surface area (Å²) in [6.45, 7) is 3.56. The Balaban J connectivity index is 2.30. The Bertz CT molecular complexity index is 1170. The summed E-state index contributed by atoms with van der Waals surface area (Å²) in [5.74, 6) is 0. The van der Waals surface area contributed by atoms with E-state index in [0.29, 0.717) is 9.54 Å². The Morgan fingerprint density at radius 3 is 2.36 bits per heavy atom. The summed E-state index contributed by atoms with van der Waals surface area (Å²) in [7, 11) is -4.27. The van der Waals surface area contributed by atoms with Crippen molar-refractivity contribution < 1.29 is 22.1 Å². The molecule has 0 N–H and O–H groups in total. The van der Waals surface area contributed by atoms with Crippen molar-refractivity contribution in [2.45, 2.75) is 11.7 Å². The Labute approximate surface area is 167 Å². The van der Waals surface area contributed by atoms with E-state index in [0.717, 1.165) is 16.7 Å². The number of nitro benzene ring substituents is 1. The summed E-state index contributed by atoms with van der Waals surface area (Å²) in [6.07, 6.45) is -1.16. The molecule has 1 atom stereocenters. The van der Waals surface area contributed by atoms with Crippen LogP contribution in [0.15, 0.2) is 65.8 Å². The highest BCUT2D eigenvalue weighted by Crippen LogP contribution is 2.38. The van der Waals surface area contributed by atoms with Gasteiger partial charge in [-0.05, 0) is 23.8 Å². The van der Waals surface area contributed by atoms with Gasteiger partial charge in [0.05, 0.1) is 21.4 Å². The van der Waals surface area contributed by atoms with Gasteiger partial charge in [-0.2, -0.15) is 0 Å². The number of nitro groups is 1. The molecule has 0 aliphatic rings. The van der Waals surface area contributed by atoms with Gasteiger partial charge in [-0.1, -0.05) is 40.2 Å². The van der Waals surface area contributed by atoms with Gasteiger partial charge in [-0.15, -0.1) is 6.58 Å². The Kier molecular flexibility index (Phi) is 5.35. The van der Waals surface area contributed by atoms with Gasteiger partial charge < -0.3 is 0 Å². The number of hydrogen-bond donors (Lipinski definition) is 0. The van der Waals surface area contributed by atoms with E-state index in [1.165, 1.54) is 18.2 Å². The van der Waals surface area contributed by atoms with E-state index in [1.807, 2.05) is 0 Å². The second-order valence-electron chi connectivity index (χ2n) is 5.86. The topological polar surface area (TPSA) is 82.2 Å². The Morgan fingerprint density at radius 1 is 1.18 bits per heavy atom. The van der Waals surface area contributed by atoms with E-state index in [4.69, 9.17) is 0 Å². The number of nitrogens with zero attached hydrogens (tertiary/aromatic N) is 2. The molecule has 0 amide bonds. The number of benzene rings is 2. The van der Waals surface area contributed by atoms with Crippen molar-refractivity contribution in [2.75, 3.05) is 0 Å². The predicted molar refractivity (Wildman–Crippen MR) is 105 cm³/mol. The monoisotopic (exact) mass is 470 g/mol. The van der Waals surface area contributed by atoms with E-state index >= 15 is 0 Å². The lowest BCUT2D eigenvalue weighted by Crippen LogP contribution is -2.19. The first kappa shape index (κ1) is 20.2. The Hall–Kier alpha value is -2.59. The average molecular weight is 471 g/mol. The zero-order valence-electron chi connectivity index (χ0n) is 14.1. The van der Waals surface area contributed by atoms with E-state index in [2.05, 4.69) is 22.5 Å². The van der Waals surface area contributed by atoms with Crippen LogP contribution in [0.1, 0.15) is 22.8 Å². The molecule has 0 spiro atoms. The molecule has 146 valence electrons. The van der Waals surface area contributed by atoms with Crippen LogP contribution in [0.4, 0.5) is 14.5 Å². The number of rotatable bonds is 6. The standard InChI is InChI=1S/C18H13BrF2N2O4S/c1-2-16(11-6-8-12(19)9-7-11)28(26,27)22-10-13(18(20)21)17-14(22)4-3-5-15(17)23(24)25/h2-10,16,18H,1H2. The van der Waals surface area contributed by atoms with Crippen LogP contribution in [0.3, 0.4) is 0 Å². The van der Waals surface area contributed by atoms with Gasteiger partial charge in [0.2, 0.25) is 10.0 Å². The first-order chi connectivity index (χ1) is 13.2. The number of hydrogen-bond acceptors (Lipinski definition) is 4. The number of aromatic nitrogens is 1. The fourth-order valence-corrected chi connectivity index (χ4v) is 4.94. The van der Waals surface area contributed by atoms with Crippen LogP contribution < -0.4 is 0 Å². The molecule has 0 aliphatic heterocycles. The van der Waals surface area contributed by atoms with Crippen LogP contribution in [-0.2, 0) is 10.0 Å². The normalized spacial score (nSPS) is 13.0. The third-order valence-electron chi connectivity index (χ3n) is 4.24. The molecule has 10 heteroatoms. The van der Waals surface area contributed by atoms with Gasteiger partial charge in [0.15, 0.2) is 0 Å². The summed E-state index contributed by atoms with van der Waals surface area (Å²) < 4.78 is 55.0. The number of alkyl halides is 2. The van der Waals surface area contributed by atoms with Crippen LogP contribution >= 0.6 is 15.9 Å². The zero-order chi connectivity index (χ0) is 20.6. The molecule has 0 fully saturated rings. The SMILES string of the molecule is C=CC(c1ccc(Br)cc1)S(=O)(=O)n1cc(C(F)F)c2c([N+](=O)[O-])cccc21. The van der Waals surface area contributed by atoms with Crippen LogP contribution in [0.25, 0.3) is 10.9 Å². The predicted octanol–water partition coefficient (Wildman–Crippen LogP) is 5.35. The molecule has 1 aromatic heterocycles. The molecule has 6 nitrogen and oxygen atoms in total. The third kappa shape index (κ3) is 3.33. The van der Waals surface area contributed by atoms with E-state index in [9.17, 15) is 27.3 Å². The minimum absolute atomic E-state index is 0.187. The summed E-state index contributed by atoms with van der Waals surface area (Å²) >= 11 is 3.26. The lowest BCUT2D eigenvalue weighted by atomic mass is 10.1. The molecule has 3 aromatic rings. The molecule has 0 bridgehead atoms. The second-order valence-corrected chi connectivity index (χ2v) is 8.71. The van der Waals surface area contributed by atoms with Crippen LogP contribution in [0.2, 0.25) is 0 Å². The van der Waals surface area contributed by atoms with Crippen molar-refractivity contribution in [2.24, 2.45) is 0 Å². The quantitative estimate of drug-likeness (QED) is 0.276. The van der Waals surface area contributed by atoms with Crippen molar-refractivity contribution in [3.63, 3.8) is 0 Å². The van der Waals surface area contributed by atoms with Crippen LogP contribution in [-0.4, -0.2) is 17.3 Å². The van der Waals surface area contributed by atoms with Gasteiger partial charge in [-0.3, -0.25) is 10.1 Å². The van der Waals surface area contributed by atoms with E-state index < -0.39 is 43.3 Å². The highest BCUT2D eigenvalue weighted by atomic mass is 79.9. The third-order valence-corrected chi connectivity index (χ3v) is 6.73. The van der Waals surface area contributed by atoms with Gasteiger partial charge in [0.25, 0.3) is 12.1 Å². The molecular formula is C18H13BrF2N2O4S. The summed E-state index contributed by atoms with van der Waals surface area (Å²) in [4.78, 5) is 10.5. The van der Waals surface area contributed by atoms with Crippen LogP contribution in [0.5, 0.6) is 0 Å². The molecule has 3 rings (SSSR count). The van der Waals surface area contributed by atoms with Gasteiger partial charge in [-0.25, -0.2) is 21.2 Å². The minimum atomic E-state index is -4.27. The smallest absolute Gasteiger partial charge is 0.258 e. The highest BCUT2D eigenvalue weighted by molar-refractivity contribution is 9.10. The van der Waals surface area contributed by atoms with E-state index in [-0.39, 0.29) is 5.52 Å². The maximum Gasteiger partial charge on any atom is 0.279 e. The van der Waals surface area contributed by atoms with Gasteiger partial charge in [0, 0.05) is 16.7 Å². The first-order valence-electron chi connectivity index (χ1n) is 7.87. The molecule has 1 unspecified atom stereocenters. The molecular weight excluding hydrogens is 458 g/mol. The van der Waals surface area contributed by atoms with Gasteiger partial charge in [0.1, 0.15) is 5.25 Å². The van der Waals surface area contributed by atoms with Crippen molar-refractivity contribution in [1.82, 2.24) is 3.97 Å². The van der Waals surface area contributed by atoms with Crippen LogP contribution in [0, 0.1) is 10.1 Å². The van der Waals surface area contributed by atoms with Crippen molar-refractivity contribution >= 4 is 42.5 Å². The number of non-ortho nitro benzene ring substituents is 1. The molecule has 1 heterocycles. The fourth-order valence-electron chi connectivity index (χ4n) is 3.00. The molecule has 0 radical (unpaired) electrons. The summed E-state index contributed by atoms with van der Waals surface area (Å²) in [5.41, 5.74) is -1.11. The number of fused-ring (bicyclic) bond motifs is 1. The molecule has 0 saturated carbocycles. The maximum absolute atomic E-state index is 13.5. The fraction of sp³-hybridized carbons (Fsp3) is 0.111. The zero-order valence-corrected chi connectivity index (χ0v) is 16.5. The molecule has 0 aliphatic carbocycles. The largest absolute Gasteiger partial charge is 0.279 e.